The molecule has 6 heteroatoms. The smallest absolute Gasteiger partial charge is 0.255 e. The number of nitrogens with one attached hydrogen (secondary N) is 1. The van der Waals surface area contributed by atoms with Gasteiger partial charge in [-0.25, -0.2) is 4.90 Å². The molecule has 0 radical (unpaired) electrons. The highest BCUT2D eigenvalue weighted by molar-refractivity contribution is 6.20. The molecule has 1 saturated carbocycles. The maximum atomic E-state index is 13.3. The highest BCUT2D eigenvalue weighted by Crippen LogP contribution is 2.60. The van der Waals surface area contributed by atoms with E-state index < -0.39 is 5.41 Å². The van der Waals surface area contributed by atoms with Gasteiger partial charge in [0.15, 0.2) is 0 Å². The molecule has 2 atom stereocenters. The fraction of sp³-hybridized carbons (Fsp3) is 0.375. The molecule has 156 valence electrons. The lowest BCUT2D eigenvalue weighted by atomic mass is 9.62. The standard InChI is InChI=1S/C24H26N2O4/c1-23(2)19-13-14-24(23,3)22(29)26(21(19)28)17-9-5-15(6-10-17)20(27)25-16-7-11-18(30-4)12-8-16/h5-12,19H,13-14H2,1-4H3,(H,25,27)/t19-,24-/m0/s1. The minimum Gasteiger partial charge on any atom is -0.497 e. The van der Waals surface area contributed by atoms with Crippen molar-refractivity contribution in [1.82, 2.24) is 0 Å². The molecule has 2 aromatic rings. The number of fused-ring (bicyclic) bond motifs is 2. The number of piperidine rings is 1. The van der Waals surface area contributed by atoms with Crippen LogP contribution in [0.2, 0.25) is 0 Å². The third kappa shape index (κ3) is 2.90. The maximum Gasteiger partial charge on any atom is 0.255 e. The average molecular weight is 406 g/mol. The minimum atomic E-state index is -0.560. The van der Waals surface area contributed by atoms with E-state index in [1.165, 1.54) is 4.90 Å². The fourth-order valence-corrected chi connectivity index (χ4v) is 4.70. The van der Waals surface area contributed by atoms with Crippen molar-refractivity contribution < 1.29 is 19.1 Å². The second-order valence-corrected chi connectivity index (χ2v) is 8.85. The van der Waals surface area contributed by atoms with Gasteiger partial charge >= 0.3 is 0 Å². The Kier molecular flexibility index (Phi) is 4.68. The van der Waals surface area contributed by atoms with E-state index in [1.54, 1.807) is 55.6 Å². The second-order valence-electron chi connectivity index (χ2n) is 8.85. The van der Waals surface area contributed by atoms with Gasteiger partial charge in [0.25, 0.3) is 5.91 Å². The summed E-state index contributed by atoms with van der Waals surface area (Å²) in [7, 11) is 1.58. The van der Waals surface area contributed by atoms with Gasteiger partial charge in [-0.15, -0.1) is 0 Å². The lowest BCUT2D eigenvalue weighted by Gasteiger charge is -2.47. The Bertz CT molecular complexity index is 1010. The summed E-state index contributed by atoms with van der Waals surface area (Å²) in [5, 5.41) is 2.83. The van der Waals surface area contributed by atoms with Crippen LogP contribution in [0.4, 0.5) is 11.4 Å². The predicted octanol–water partition coefficient (Wildman–Crippen LogP) is 4.26. The van der Waals surface area contributed by atoms with Crippen molar-refractivity contribution in [2.24, 2.45) is 16.7 Å². The van der Waals surface area contributed by atoms with E-state index in [4.69, 9.17) is 4.74 Å². The third-order valence-corrected chi connectivity index (χ3v) is 7.16. The van der Waals surface area contributed by atoms with Gasteiger partial charge in [0.1, 0.15) is 5.75 Å². The molecule has 1 saturated heterocycles. The van der Waals surface area contributed by atoms with Crippen LogP contribution in [0.15, 0.2) is 48.5 Å². The normalized spacial score (nSPS) is 24.7. The zero-order chi connectivity index (χ0) is 21.7. The summed E-state index contributed by atoms with van der Waals surface area (Å²) in [4.78, 5) is 40.2. The Morgan fingerprint density at radius 1 is 1.03 bits per heavy atom. The molecule has 2 fully saturated rings. The number of amides is 3. The molecule has 0 aromatic heterocycles. The van der Waals surface area contributed by atoms with E-state index in [0.29, 0.717) is 29.1 Å². The van der Waals surface area contributed by atoms with Gasteiger partial charge in [0.2, 0.25) is 11.8 Å². The molecule has 1 aliphatic heterocycles. The van der Waals surface area contributed by atoms with Crippen LogP contribution >= 0.6 is 0 Å². The number of hydrogen-bond donors (Lipinski definition) is 1. The lowest BCUT2D eigenvalue weighted by molar-refractivity contribution is -0.146. The molecule has 1 heterocycles. The van der Waals surface area contributed by atoms with Gasteiger partial charge in [-0.05, 0) is 66.8 Å². The number of ether oxygens (including phenoxy) is 1. The predicted molar refractivity (Wildman–Crippen MR) is 114 cm³/mol. The number of carbonyl (C=O) groups excluding carboxylic acids is 3. The van der Waals surface area contributed by atoms with Crippen molar-refractivity contribution in [3.63, 3.8) is 0 Å². The van der Waals surface area contributed by atoms with E-state index in [0.717, 1.165) is 6.42 Å². The minimum absolute atomic E-state index is 0.143. The summed E-state index contributed by atoms with van der Waals surface area (Å²) in [5.74, 6) is -0.0226. The molecule has 6 nitrogen and oxygen atoms in total. The molecule has 0 spiro atoms. The number of hydrogen-bond acceptors (Lipinski definition) is 4. The number of methoxy groups -OCH3 is 1. The molecular formula is C24H26N2O4. The molecule has 1 aliphatic carbocycles. The van der Waals surface area contributed by atoms with E-state index in [-0.39, 0.29) is 29.1 Å². The Morgan fingerprint density at radius 3 is 2.27 bits per heavy atom. The quantitative estimate of drug-likeness (QED) is 0.770. The molecular weight excluding hydrogens is 380 g/mol. The van der Waals surface area contributed by atoms with Gasteiger partial charge in [-0.1, -0.05) is 20.8 Å². The Balaban J connectivity index is 1.54. The van der Waals surface area contributed by atoms with Crippen molar-refractivity contribution in [3.05, 3.63) is 54.1 Å². The highest BCUT2D eigenvalue weighted by atomic mass is 16.5. The van der Waals surface area contributed by atoms with E-state index in [1.807, 2.05) is 20.8 Å². The van der Waals surface area contributed by atoms with Gasteiger partial charge in [0, 0.05) is 17.2 Å². The number of nitrogens with zero attached hydrogens (tertiary/aromatic N) is 1. The molecule has 30 heavy (non-hydrogen) atoms. The topological polar surface area (TPSA) is 75.7 Å². The Hall–Kier alpha value is -3.15. The van der Waals surface area contributed by atoms with Gasteiger partial charge in [0.05, 0.1) is 18.2 Å². The van der Waals surface area contributed by atoms with Gasteiger partial charge < -0.3 is 10.1 Å². The summed E-state index contributed by atoms with van der Waals surface area (Å²) in [6.45, 7) is 6.00. The maximum absolute atomic E-state index is 13.3. The van der Waals surface area contributed by atoms with Crippen molar-refractivity contribution >= 4 is 29.1 Å². The lowest BCUT2D eigenvalue weighted by Crippen LogP contribution is -2.59. The van der Waals surface area contributed by atoms with Crippen LogP contribution in [0.1, 0.15) is 44.0 Å². The Morgan fingerprint density at radius 2 is 1.67 bits per heavy atom. The monoisotopic (exact) mass is 406 g/mol. The van der Waals surface area contributed by atoms with Gasteiger partial charge in [-0.2, -0.15) is 0 Å². The van der Waals surface area contributed by atoms with Crippen molar-refractivity contribution in [3.8, 4) is 5.75 Å². The van der Waals surface area contributed by atoms with E-state index in [2.05, 4.69) is 5.32 Å². The summed E-state index contributed by atoms with van der Waals surface area (Å²) in [6, 6.07) is 13.7. The van der Waals surface area contributed by atoms with Crippen LogP contribution in [0.5, 0.6) is 5.75 Å². The third-order valence-electron chi connectivity index (χ3n) is 7.16. The summed E-state index contributed by atoms with van der Waals surface area (Å²) < 4.78 is 5.11. The average Bonchev–Trinajstić information content (AvgIpc) is 2.92. The zero-order valence-electron chi connectivity index (χ0n) is 17.7. The first kappa shape index (κ1) is 20.1. The molecule has 2 aromatic carbocycles. The summed E-state index contributed by atoms with van der Waals surface area (Å²) >= 11 is 0. The number of rotatable bonds is 4. The summed E-state index contributed by atoms with van der Waals surface area (Å²) in [6.07, 6.45) is 1.45. The number of anilines is 2. The molecule has 4 rings (SSSR count). The molecule has 2 aliphatic rings. The largest absolute Gasteiger partial charge is 0.497 e. The molecule has 1 N–H and O–H groups in total. The zero-order valence-corrected chi connectivity index (χ0v) is 17.7. The number of carbonyl (C=O) groups is 3. The van der Waals surface area contributed by atoms with Crippen LogP contribution in [-0.2, 0) is 9.59 Å². The number of imide groups is 1. The van der Waals surface area contributed by atoms with Crippen LogP contribution < -0.4 is 15.0 Å². The van der Waals surface area contributed by atoms with E-state index >= 15 is 0 Å². The van der Waals surface area contributed by atoms with Crippen LogP contribution in [0.3, 0.4) is 0 Å². The van der Waals surface area contributed by atoms with Gasteiger partial charge in [-0.3, -0.25) is 14.4 Å². The van der Waals surface area contributed by atoms with Crippen molar-refractivity contribution in [1.29, 1.82) is 0 Å². The highest BCUT2D eigenvalue weighted by Gasteiger charge is 2.64. The van der Waals surface area contributed by atoms with E-state index in [9.17, 15) is 14.4 Å². The fourth-order valence-electron chi connectivity index (χ4n) is 4.70. The first-order valence-corrected chi connectivity index (χ1v) is 10.1. The second kappa shape index (κ2) is 6.97. The van der Waals surface area contributed by atoms with Crippen LogP contribution in [-0.4, -0.2) is 24.8 Å². The first-order valence-electron chi connectivity index (χ1n) is 10.1. The SMILES string of the molecule is COc1ccc(NC(=O)c2ccc(N3C(=O)[C@@H]4CC[C@@](C)(C3=O)C4(C)C)cc2)cc1. The first-order chi connectivity index (χ1) is 14.2. The molecule has 0 unspecified atom stereocenters. The summed E-state index contributed by atoms with van der Waals surface area (Å²) in [5.41, 5.74) is 0.699. The number of benzene rings is 2. The van der Waals surface area contributed by atoms with Crippen molar-refractivity contribution in [2.75, 3.05) is 17.3 Å². The molecule has 3 amide bonds. The van der Waals surface area contributed by atoms with Crippen molar-refractivity contribution in [2.45, 2.75) is 33.6 Å². The van der Waals surface area contributed by atoms with Crippen LogP contribution in [0, 0.1) is 16.7 Å². The van der Waals surface area contributed by atoms with Crippen LogP contribution in [0.25, 0.3) is 0 Å². The Labute approximate surface area is 176 Å². The molecule has 2 bridgehead atoms.